The molecule has 0 amide bonds. The summed E-state index contributed by atoms with van der Waals surface area (Å²) < 4.78 is 44.4. The Labute approximate surface area is 233 Å². The van der Waals surface area contributed by atoms with Crippen LogP contribution in [0.3, 0.4) is 0 Å². The maximum absolute atomic E-state index is 15.0. The third-order valence-corrected chi connectivity index (χ3v) is 8.53. The molecule has 1 aliphatic rings. The van der Waals surface area contributed by atoms with Gasteiger partial charge in [-0.2, -0.15) is 0 Å². The zero-order valence-electron chi connectivity index (χ0n) is 23.6. The number of hydrogen-bond acceptors (Lipinski definition) is 0. The average molecular weight is 533 g/mol. The van der Waals surface area contributed by atoms with E-state index in [1.807, 2.05) is 0 Å². The number of benzene rings is 3. The number of hydrogen-bond donors (Lipinski definition) is 0. The molecule has 0 spiro atoms. The highest BCUT2D eigenvalue weighted by atomic mass is 19.2. The van der Waals surface area contributed by atoms with Gasteiger partial charge in [-0.25, -0.2) is 13.2 Å². The van der Waals surface area contributed by atoms with E-state index >= 15 is 0 Å². The Balaban J connectivity index is 1.32. The summed E-state index contributed by atoms with van der Waals surface area (Å²) in [5.74, 6) is -0.560. The molecule has 0 heterocycles. The summed E-state index contributed by atoms with van der Waals surface area (Å²) in [5, 5.41) is 0. The van der Waals surface area contributed by atoms with Crippen molar-refractivity contribution in [3.63, 3.8) is 0 Å². The van der Waals surface area contributed by atoms with Crippen molar-refractivity contribution in [3.8, 4) is 11.1 Å². The molecule has 0 unspecified atom stereocenters. The molecule has 4 rings (SSSR count). The van der Waals surface area contributed by atoms with Gasteiger partial charge in [0.1, 0.15) is 5.82 Å². The molecule has 208 valence electrons. The second-order valence-corrected chi connectivity index (χ2v) is 11.3. The lowest BCUT2D eigenvalue weighted by Gasteiger charge is -2.28. The molecule has 3 aromatic rings. The smallest absolute Gasteiger partial charge is 0.166 e. The molecule has 1 aliphatic carbocycles. The van der Waals surface area contributed by atoms with Crippen molar-refractivity contribution in [2.24, 2.45) is 5.92 Å². The molecule has 0 bridgehead atoms. The Hall–Kier alpha value is -2.81. The maximum atomic E-state index is 15.0. The molecule has 1 saturated carbocycles. The molecule has 0 radical (unpaired) electrons. The van der Waals surface area contributed by atoms with Crippen LogP contribution in [0, 0.1) is 23.4 Å². The van der Waals surface area contributed by atoms with E-state index in [1.54, 1.807) is 24.3 Å². The van der Waals surface area contributed by atoms with Gasteiger partial charge in [0.05, 0.1) is 0 Å². The minimum absolute atomic E-state index is 0.111. The highest BCUT2D eigenvalue weighted by Gasteiger charge is 2.22. The van der Waals surface area contributed by atoms with Gasteiger partial charge in [0.25, 0.3) is 0 Å². The van der Waals surface area contributed by atoms with E-state index in [0.29, 0.717) is 35.4 Å². The Kier molecular flexibility index (Phi) is 10.9. The summed E-state index contributed by atoms with van der Waals surface area (Å²) >= 11 is 0. The predicted molar refractivity (Wildman–Crippen MR) is 158 cm³/mol. The topological polar surface area (TPSA) is 0 Å². The lowest BCUT2D eigenvalue weighted by molar-refractivity contribution is 0.312. The van der Waals surface area contributed by atoms with Gasteiger partial charge >= 0.3 is 0 Å². The normalized spacial score (nSPS) is 17.7. The molecular weight excluding hydrogens is 489 g/mol. The van der Waals surface area contributed by atoms with Crippen LogP contribution in [0.5, 0.6) is 0 Å². The highest BCUT2D eigenvalue weighted by Crippen LogP contribution is 2.37. The van der Waals surface area contributed by atoms with E-state index < -0.39 is 11.6 Å². The third-order valence-electron chi connectivity index (χ3n) is 8.53. The second-order valence-electron chi connectivity index (χ2n) is 11.3. The number of aryl methyl sites for hydroxylation is 3. The molecule has 3 heteroatoms. The van der Waals surface area contributed by atoms with Gasteiger partial charge in [-0.1, -0.05) is 80.4 Å². The first-order valence-electron chi connectivity index (χ1n) is 15.0. The van der Waals surface area contributed by atoms with Gasteiger partial charge in [0.2, 0.25) is 0 Å². The Morgan fingerprint density at radius 2 is 1.51 bits per heavy atom. The summed E-state index contributed by atoms with van der Waals surface area (Å²) in [7, 11) is 0. The van der Waals surface area contributed by atoms with Crippen LogP contribution in [0.4, 0.5) is 13.2 Å². The summed E-state index contributed by atoms with van der Waals surface area (Å²) in [6, 6.07) is 16.8. The van der Waals surface area contributed by atoms with Crippen LogP contribution in [0.25, 0.3) is 11.1 Å². The first kappa shape index (κ1) is 29.2. The van der Waals surface area contributed by atoms with Crippen molar-refractivity contribution in [3.05, 3.63) is 106 Å². The fraction of sp³-hybridized carbons (Fsp3) is 0.444. The molecule has 0 atom stereocenters. The number of rotatable bonds is 12. The van der Waals surface area contributed by atoms with Crippen LogP contribution < -0.4 is 0 Å². The maximum Gasteiger partial charge on any atom is 0.166 e. The standard InChI is InChI=1S/C36H43F3/c1-3-5-7-9-26-11-16-28(17-12-26)29-18-13-27(14-19-29)15-20-30-21-22-32(25-34(30)37)33-24-23-31(10-8-6-4-2)35(38)36(33)39/h3,5,13-14,18-19,21-26,28H,4,6-12,15-17,20H2,1-2H3/b5-3+. The quantitative estimate of drug-likeness (QED) is 0.161. The van der Waals surface area contributed by atoms with E-state index in [4.69, 9.17) is 0 Å². The van der Waals surface area contributed by atoms with Crippen LogP contribution in [-0.2, 0) is 19.3 Å². The van der Waals surface area contributed by atoms with Crippen molar-refractivity contribution >= 4 is 0 Å². The number of allylic oxidation sites excluding steroid dienone is 2. The van der Waals surface area contributed by atoms with Crippen molar-refractivity contribution in [1.29, 1.82) is 0 Å². The summed E-state index contributed by atoms with van der Waals surface area (Å²) in [5.41, 5.74) is 4.07. The van der Waals surface area contributed by atoms with Crippen molar-refractivity contribution < 1.29 is 13.2 Å². The van der Waals surface area contributed by atoms with Crippen LogP contribution in [0.15, 0.2) is 66.7 Å². The highest BCUT2D eigenvalue weighted by molar-refractivity contribution is 5.65. The fourth-order valence-corrected chi connectivity index (χ4v) is 6.01. The van der Waals surface area contributed by atoms with E-state index in [1.165, 1.54) is 55.7 Å². The van der Waals surface area contributed by atoms with Gasteiger partial charge in [-0.15, -0.1) is 0 Å². The minimum Gasteiger partial charge on any atom is -0.207 e. The molecular formula is C36H43F3. The summed E-state index contributed by atoms with van der Waals surface area (Å²) in [6.45, 7) is 4.17. The van der Waals surface area contributed by atoms with Crippen LogP contribution in [0.2, 0.25) is 0 Å². The van der Waals surface area contributed by atoms with Crippen LogP contribution >= 0.6 is 0 Å². The van der Waals surface area contributed by atoms with Gasteiger partial charge < -0.3 is 0 Å². The summed E-state index contributed by atoms with van der Waals surface area (Å²) in [6.07, 6.45) is 16.8. The molecule has 1 fully saturated rings. The lowest BCUT2D eigenvalue weighted by Crippen LogP contribution is -2.13. The van der Waals surface area contributed by atoms with E-state index in [2.05, 4.69) is 50.3 Å². The molecule has 3 aromatic carbocycles. The van der Waals surface area contributed by atoms with Crippen molar-refractivity contribution in [2.75, 3.05) is 0 Å². The van der Waals surface area contributed by atoms with Crippen molar-refractivity contribution in [1.82, 2.24) is 0 Å². The SMILES string of the molecule is C/C=C/CCC1CCC(c2ccc(CCc3ccc(-c4ccc(CCCCC)c(F)c4F)cc3F)cc2)CC1. The van der Waals surface area contributed by atoms with Gasteiger partial charge in [-0.05, 0) is 117 Å². The predicted octanol–water partition coefficient (Wildman–Crippen LogP) is 10.9. The molecule has 0 aliphatic heterocycles. The zero-order valence-corrected chi connectivity index (χ0v) is 23.6. The van der Waals surface area contributed by atoms with E-state index in [-0.39, 0.29) is 11.4 Å². The molecule has 0 nitrogen and oxygen atoms in total. The number of unbranched alkanes of at least 4 members (excludes halogenated alkanes) is 2. The molecule has 39 heavy (non-hydrogen) atoms. The van der Waals surface area contributed by atoms with Gasteiger partial charge in [0.15, 0.2) is 11.6 Å². The average Bonchev–Trinajstić information content (AvgIpc) is 2.96. The largest absolute Gasteiger partial charge is 0.207 e. The van der Waals surface area contributed by atoms with Crippen LogP contribution in [-0.4, -0.2) is 0 Å². The van der Waals surface area contributed by atoms with E-state index in [0.717, 1.165) is 31.6 Å². The monoisotopic (exact) mass is 532 g/mol. The van der Waals surface area contributed by atoms with E-state index in [9.17, 15) is 13.2 Å². The summed E-state index contributed by atoms with van der Waals surface area (Å²) in [4.78, 5) is 0. The fourth-order valence-electron chi connectivity index (χ4n) is 6.01. The van der Waals surface area contributed by atoms with Gasteiger partial charge in [0, 0.05) is 5.56 Å². The zero-order chi connectivity index (χ0) is 27.6. The minimum atomic E-state index is -0.890. The molecule has 0 aromatic heterocycles. The second kappa shape index (κ2) is 14.5. The first-order valence-corrected chi connectivity index (χ1v) is 15.0. The van der Waals surface area contributed by atoms with Crippen molar-refractivity contribution in [2.45, 2.75) is 96.8 Å². The lowest BCUT2D eigenvalue weighted by atomic mass is 9.77. The number of halogens is 3. The molecule has 0 N–H and O–H groups in total. The molecule has 0 saturated heterocycles. The Bertz CT molecular complexity index is 1220. The Morgan fingerprint density at radius 3 is 2.21 bits per heavy atom. The Morgan fingerprint density at radius 1 is 0.769 bits per heavy atom. The third kappa shape index (κ3) is 7.87. The van der Waals surface area contributed by atoms with Crippen LogP contribution in [0.1, 0.15) is 99.8 Å². The van der Waals surface area contributed by atoms with Gasteiger partial charge in [-0.3, -0.25) is 0 Å². The first-order chi connectivity index (χ1) is 19.0.